The summed E-state index contributed by atoms with van der Waals surface area (Å²) < 4.78 is 5.18. The Balaban J connectivity index is 2.42. The first-order valence-corrected chi connectivity index (χ1v) is 6.95. The van der Waals surface area contributed by atoms with Gasteiger partial charge in [0.1, 0.15) is 11.5 Å². The summed E-state index contributed by atoms with van der Waals surface area (Å²) in [7, 11) is 0. The second-order valence-electron chi connectivity index (χ2n) is 5.85. The minimum absolute atomic E-state index is 0.0107. The molecule has 0 bridgehead atoms. The molecule has 3 nitrogen and oxygen atoms in total. The molecule has 0 unspecified atom stereocenters. The van der Waals surface area contributed by atoms with Crippen molar-refractivity contribution in [1.29, 1.82) is 0 Å². The fourth-order valence-corrected chi connectivity index (χ4v) is 3.03. The van der Waals surface area contributed by atoms with Gasteiger partial charge in [-0.3, -0.25) is 4.79 Å². The molecule has 0 amide bonds. The number of phenolic OH excluding ortho intramolecular Hbond substituents is 1. The van der Waals surface area contributed by atoms with E-state index in [2.05, 4.69) is 6.92 Å². The molecule has 1 N–H and O–H groups in total. The van der Waals surface area contributed by atoms with Crippen LogP contribution in [0.2, 0.25) is 0 Å². The predicted molar refractivity (Wildman–Crippen MR) is 74.6 cm³/mol. The Hall–Kier alpha value is -1.51. The standard InChI is InChI=1S/C16H22O3/c1-11-9-13(19-12(2)17)10-14(15(11)18)16(3)7-5-4-6-8-16/h9-10,18H,4-8H2,1-3H3. The number of carbonyl (C=O) groups excluding carboxylic acids is 1. The summed E-state index contributed by atoms with van der Waals surface area (Å²) in [4.78, 5) is 11.1. The topological polar surface area (TPSA) is 46.5 Å². The van der Waals surface area contributed by atoms with Gasteiger partial charge in [0.2, 0.25) is 0 Å². The molecule has 19 heavy (non-hydrogen) atoms. The first-order valence-electron chi connectivity index (χ1n) is 6.95. The van der Waals surface area contributed by atoms with Crippen molar-refractivity contribution >= 4 is 5.97 Å². The van der Waals surface area contributed by atoms with Crippen LogP contribution < -0.4 is 4.74 Å². The number of esters is 1. The fraction of sp³-hybridized carbons (Fsp3) is 0.562. The van der Waals surface area contributed by atoms with E-state index in [1.165, 1.54) is 26.2 Å². The Kier molecular flexibility index (Phi) is 3.83. The average Bonchev–Trinajstić information content (AvgIpc) is 2.33. The molecule has 104 valence electrons. The van der Waals surface area contributed by atoms with Crippen molar-refractivity contribution in [1.82, 2.24) is 0 Å². The molecule has 1 fully saturated rings. The Bertz CT molecular complexity index is 485. The minimum Gasteiger partial charge on any atom is -0.507 e. The number of carbonyl (C=O) groups is 1. The molecule has 0 saturated heterocycles. The van der Waals surface area contributed by atoms with Crippen LogP contribution in [0, 0.1) is 6.92 Å². The zero-order chi connectivity index (χ0) is 14.0. The average molecular weight is 262 g/mol. The highest BCUT2D eigenvalue weighted by Gasteiger charge is 2.32. The number of hydrogen-bond donors (Lipinski definition) is 1. The van der Waals surface area contributed by atoms with E-state index in [-0.39, 0.29) is 11.4 Å². The van der Waals surface area contributed by atoms with E-state index in [4.69, 9.17) is 4.74 Å². The van der Waals surface area contributed by atoms with Crippen molar-refractivity contribution in [2.75, 3.05) is 0 Å². The van der Waals surface area contributed by atoms with E-state index in [1.54, 1.807) is 6.07 Å². The first-order chi connectivity index (χ1) is 8.92. The lowest BCUT2D eigenvalue weighted by Gasteiger charge is -2.35. The molecule has 0 atom stereocenters. The van der Waals surface area contributed by atoms with Crippen LogP contribution in [0.3, 0.4) is 0 Å². The van der Waals surface area contributed by atoms with Gasteiger partial charge in [0, 0.05) is 12.5 Å². The highest BCUT2D eigenvalue weighted by Crippen LogP contribution is 2.45. The zero-order valence-corrected chi connectivity index (χ0v) is 12.0. The van der Waals surface area contributed by atoms with Crippen molar-refractivity contribution in [2.45, 2.75) is 58.3 Å². The van der Waals surface area contributed by atoms with Gasteiger partial charge in [-0.2, -0.15) is 0 Å². The minimum atomic E-state index is -0.329. The second kappa shape index (κ2) is 5.24. The highest BCUT2D eigenvalue weighted by molar-refractivity contribution is 5.69. The predicted octanol–water partition coefficient (Wildman–Crippen LogP) is 3.85. The van der Waals surface area contributed by atoms with Crippen LogP contribution in [-0.4, -0.2) is 11.1 Å². The molecule has 0 aliphatic heterocycles. The maximum absolute atomic E-state index is 11.1. The summed E-state index contributed by atoms with van der Waals surface area (Å²) in [6.07, 6.45) is 5.78. The van der Waals surface area contributed by atoms with Crippen LogP contribution in [0.1, 0.15) is 57.1 Å². The van der Waals surface area contributed by atoms with E-state index in [1.807, 2.05) is 13.0 Å². The van der Waals surface area contributed by atoms with Gasteiger partial charge in [-0.25, -0.2) is 0 Å². The molecule has 0 aromatic heterocycles. The van der Waals surface area contributed by atoms with Gasteiger partial charge < -0.3 is 9.84 Å². The molecular weight excluding hydrogens is 240 g/mol. The smallest absolute Gasteiger partial charge is 0.308 e. The quantitative estimate of drug-likeness (QED) is 0.650. The van der Waals surface area contributed by atoms with Crippen LogP contribution in [0.15, 0.2) is 12.1 Å². The lowest BCUT2D eigenvalue weighted by Crippen LogP contribution is -2.25. The summed E-state index contributed by atoms with van der Waals surface area (Å²) in [5.74, 6) is 0.551. The van der Waals surface area contributed by atoms with Crippen LogP contribution in [0.5, 0.6) is 11.5 Å². The van der Waals surface area contributed by atoms with Crippen molar-refractivity contribution in [2.24, 2.45) is 0 Å². The molecule has 3 heteroatoms. The van der Waals surface area contributed by atoms with Gasteiger partial charge in [0.05, 0.1) is 0 Å². The van der Waals surface area contributed by atoms with Gasteiger partial charge in [-0.15, -0.1) is 0 Å². The molecule has 0 heterocycles. The largest absolute Gasteiger partial charge is 0.507 e. The maximum Gasteiger partial charge on any atom is 0.308 e. The number of aryl methyl sites for hydroxylation is 1. The second-order valence-corrected chi connectivity index (χ2v) is 5.85. The Labute approximate surface area is 114 Å². The lowest BCUT2D eigenvalue weighted by molar-refractivity contribution is -0.131. The van der Waals surface area contributed by atoms with E-state index >= 15 is 0 Å². The van der Waals surface area contributed by atoms with E-state index < -0.39 is 0 Å². The Morgan fingerprint density at radius 1 is 1.26 bits per heavy atom. The number of hydrogen-bond acceptors (Lipinski definition) is 3. The van der Waals surface area contributed by atoms with Crippen molar-refractivity contribution < 1.29 is 14.6 Å². The van der Waals surface area contributed by atoms with E-state index in [9.17, 15) is 9.90 Å². The summed E-state index contributed by atoms with van der Waals surface area (Å²) in [6, 6.07) is 3.54. The molecule has 0 radical (unpaired) electrons. The summed E-state index contributed by atoms with van der Waals surface area (Å²) >= 11 is 0. The van der Waals surface area contributed by atoms with Crippen LogP contribution >= 0.6 is 0 Å². The molecule has 1 aromatic carbocycles. The van der Waals surface area contributed by atoms with E-state index in [0.29, 0.717) is 11.5 Å². The maximum atomic E-state index is 11.1. The van der Waals surface area contributed by atoms with Gasteiger partial charge in [0.15, 0.2) is 0 Å². The molecule has 1 aromatic rings. The van der Waals surface area contributed by atoms with Crippen LogP contribution in [0.4, 0.5) is 0 Å². The summed E-state index contributed by atoms with van der Waals surface area (Å²) in [6.45, 7) is 5.43. The zero-order valence-electron chi connectivity index (χ0n) is 12.0. The molecule has 2 rings (SSSR count). The Morgan fingerprint density at radius 3 is 2.47 bits per heavy atom. The SMILES string of the molecule is CC(=O)Oc1cc(C)c(O)c(C2(C)CCCCC2)c1. The van der Waals surface area contributed by atoms with E-state index in [0.717, 1.165) is 24.0 Å². The number of ether oxygens (including phenoxy) is 1. The van der Waals surface area contributed by atoms with Crippen molar-refractivity contribution in [3.63, 3.8) is 0 Å². The van der Waals surface area contributed by atoms with Gasteiger partial charge in [0.25, 0.3) is 0 Å². The monoisotopic (exact) mass is 262 g/mol. The van der Waals surface area contributed by atoms with Crippen molar-refractivity contribution in [3.8, 4) is 11.5 Å². The first kappa shape index (κ1) is 13.9. The summed E-state index contributed by atoms with van der Waals surface area (Å²) in [5, 5.41) is 10.3. The van der Waals surface area contributed by atoms with Crippen molar-refractivity contribution in [3.05, 3.63) is 23.3 Å². The third-order valence-electron chi connectivity index (χ3n) is 4.14. The number of rotatable bonds is 2. The molecular formula is C16H22O3. The molecule has 1 aliphatic rings. The molecule has 1 aliphatic carbocycles. The normalized spacial score (nSPS) is 18.1. The number of benzene rings is 1. The third-order valence-corrected chi connectivity index (χ3v) is 4.14. The number of phenols is 1. The molecule has 0 spiro atoms. The van der Waals surface area contributed by atoms with Gasteiger partial charge in [-0.1, -0.05) is 26.2 Å². The third kappa shape index (κ3) is 2.91. The highest BCUT2D eigenvalue weighted by atomic mass is 16.5. The lowest BCUT2D eigenvalue weighted by atomic mass is 9.70. The number of aromatic hydroxyl groups is 1. The summed E-state index contributed by atoms with van der Waals surface area (Å²) in [5.41, 5.74) is 1.67. The van der Waals surface area contributed by atoms with Crippen LogP contribution in [-0.2, 0) is 10.2 Å². The van der Waals surface area contributed by atoms with Gasteiger partial charge >= 0.3 is 5.97 Å². The molecule has 1 saturated carbocycles. The van der Waals surface area contributed by atoms with Gasteiger partial charge in [-0.05, 0) is 42.9 Å². The Morgan fingerprint density at radius 2 is 1.89 bits per heavy atom. The van der Waals surface area contributed by atoms with Crippen LogP contribution in [0.25, 0.3) is 0 Å². The fourth-order valence-electron chi connectivity index (χ4n) is 3.03.